The van der Waals surface area contributed by atoms with E-state index in [-0.39, 0.29) is 16.2 Å². The Labute approximate surface area is 259 Å². The summed E-state index contributed by atoms with van der Waals surface area (Å²) in [5.74, 6) is 0. The highest BCUT2D eigenvalue weighted by Gasteiger charge is 2.42. The second-order valence-electron chi connectivity index (χ2n) is 14.8. The van der Waals surface area contributed by atoms with Crippen LogP contribution in [0.5, 0.6) is 0 Å². The van der Waals surface area contributed by atoms with Gasteiger partial charge in [-0.15, -0.1) is 0 Å². The summed E-state index contributed by atoms with van der Waals surface area (Å²) in [6.07, 6.45) is 4.77. The molecule has 2 saturated heterocycles. The van der Waals surface area contributed by atoms with Gasteiger partial charge in [0, 0.05) is 10.8 Å². The van der Waals surface area contributed by atoms with Crippen LogP contribution in [-0.2, 0) is 16.2 Å². The number of hydrogen-bond acceptors (Lipinski definition) is 2. The summed E-state index contributed by atoms with van der Waals surface area (Å²) in [5.41, 5.74) is 14.5. The van der Waals surface area contributed by atoms with E-state index in [0.717, 1.165) is 25.9 Å². The van der Waals surface area contributed by atoms with Gasteiger partial charge in [0.2, 0.25) is 0 Å². The highest BCUT2D eigenvalue weighted by Crippen LogP contribution is 2.52. The van der Waals surface area contributed by atoms with Gasteiger partial charge >= 0.3 is 0 Å². The van der Waals surface area contributed by atoms with Gasteiger partial charge in [-0.05, 0) is 128 Å². The minimum atomic E-state index is -0.0134. The Kier molecular flexibility index (Phi) is 6.95. The molecule has 4 aromatic rings. The van der Waals surface area contributed by atoms with Gasteiger partial charge < -0.3 is 9.80 Å². The van der Waals surface area contributed by atoms with Crippen LogP contribution in [0, 0.1) is 6.92 Å². The third-order valence-electron chi connectivity index (χ3n) is 11.7. The standard InChI is InChI=1S/C41H48N2/c1-29-7-9-30(10-8-29)31-11-13-32(14-12-31)41(21-25-43(6)26-22-41)34-16-18-36-35-17-15-33(40(4)19-23-42(5)24-20-40)27-37(35)39(2,3)38(36)28-34/h7-18,27-28H,19-26H2,1-6H3. The Hall–Kier alpha value is -3.20. The number of rotatable bonds is 4. The quantitative estimate of drug-likeness (QED) is 0.242. The first-order chi connectivity index (χ1) is 20.6. The predicted molar refractivity (Wildman–Crippen MR) is 182 cm³/mol. The van der Waals surface area contributed by atoms with Gasteiger partial charge in [-0.1, -0.05) is 111 Å². The lowest BCUT2D eigenvalue weighted by atomic mass is 9.67. The second kappa shape index (κ2) is 10.5. The normalized spacial score (nSPS) is 20.9. The lowest BCUT2D eigenvalue weighted by molar-refractivity contribution is 0.200. The molecular weight excluding hydrogens is 520 g/mol. The monoisotopic (exact) mass is 568 g/mol. The molecule has 1 aliphatic carbocycles. The summed E-state index contributed by atoms with van der Waals surface area (Å²) in [6.45, 7) is 14.2. The maximum Gasteiger partial charge on any atom is 0.0227 e. The minimum Gasteiger partial charge on any atom is -0.306 e. The number of aryl methyl sites for hydroxylation is 1. The van der Waals surface area contributed by atoms with Gasteiger partial charge in [0.1, 0.15) is 0 Å². The molecule has 0 saturated carbocycles. The Morgan fingerprint density at radius 3 is 1.51 bits per heavy atom. The fourth-order valence-corrected chi connectivity index (χ4v) is 8.28. The first kappa shape index (κ1) is 28.6. The summed E-state index contributed by atoms with van der Waals surface area (Å²) in [5, 5.41) is 0. The van der Waals surface area contributed by atoms with Crippen LogP contribution in [0.1, 0.15) is 79.8 Å². The van der Waals surface area contributed by atoms with Crippen molar-refractivity contribution < 1.29 is 0 Å². The molecule has 0 atom stereocenters. The van der Waals surface area contributed by atoms with Crippen LogP contribution in [0.3, 0.4) is 0 Å². The van der Waals surface area contributed by atoms with Crippen molar-refractivity contribution in [1.82, 2.24) is 9.80 Å². The van der Waals surface area contributed by atoms with Crippen molar-refractivity contribution in [2.45, 2.75) is 69.6 Å². The van der Waals surface area contributed by atoms with Crippen molar-refractivity contribution >= 4 is 0 Å². The highest BCUT2D eigenvalue weighted by atomic mass is 15.1. The molecule has 3 aliphatic rings. The molecule has 0 amide bonds. The fraction of sp³-hybridized carbons (Fsp3) is 0.415. The molecule has 0 radical (unpaired) electrons. The number of fused-ring (bicyclic) bond motifs is 3. The predicted octanol–water partition coefficient (Wildman–Crippen LogP) is 8.96. The van der Waals surface area contributed by atoms with E-state index in [1.165, 1.54) is 81.6 Å². The van der Waals surface area contributed by atoms with Crippen molar-refractivity contribution in [2.75, 3.05) is 40.3 Å². The van der Waals surface area contributed by atoms with E-state index in [2.05, 4.69) is 137 Å². The minimum absolute atomic E-state index is 0.0134. The van der Waals surface area contributed by atoms with E-state index in [1.807, 2.05) is 0 Å². The van der Waals surface area contributed by atoms with Crippen molar-refractivity contribution in [3.63, 3.8) is 0 Å². The Bertz CT molecular complexity index is 1630. The molecule has 2 aliphatic heterocycles. The van der Waals surface area contributed by atoms with Crippen molar-refractivity contribution in [3.8, 4) is 22.3 Å². The van der Waals surface area contributed by atoms with E-state index < -0.39 is 0 Å². The number of likely N-dealkylation sites (tertiary alicyclic amines) is 2. The first-order valence-electron chi connectivity index (χ1n) is 16.4. The first-order valence-corrected chi connectivity index (χ1v) is 16.4. The Morgan fingerprint density at radius 2 is 0.953 bits per heavy atom. The van der Waals surface area contributed by atoms with Crippen molar-refractivity contribution in [2.24, 2.45) is 0 Å². The number of nitrogens with zero attached hydrogens (tertiary/aromatic N) is 2. The van der Waals surface area contributed by atoms with Crippen LogP contribution in [0.2, 0.25) is 0 Å². The molecule has 0 spiro atoms. The SMILES string of the molecule is Cc1ccc(-c2ccc(C3(c4ccc5c(c4)C(C)(C)c4cc(C6(C)CCN(C)CC6)ccc4-5)CCN(C)CC3)cc2)cc1. The summed E-state index contributed by atoms with van der Waals surface area (Å²) >= 11 is 0. The number of piperidine rings is 2. The molecule has 0 unspecified atom stereocenters. The summed E-state index contributed by atoms with van der Waals surface area (Å²) in [6, 6.07) is 33.4. The molecule has 222 valence electrons. The van der Waals surface area contributed by atoms with Gasteiger partial charge in [-0.3, -0.25) is 0 Å². The van der Waals surface area contributed by atoms with Crippen LogP contribution < -0.4 is 0 Å². The topological polar surface area (TPSA) is 6.48 Å². The number of benzene rings is 4. The molecular formula is C41H48N2. The molecule has 2 fully saturated rings. The van der Waals surface area contributed by atoms with Crippen molar-refractivity contribution in [3.05, 3.63) is 118 Å². The zero-order valence-corrected chi connectivity index (χ0v) is 27.1. The summed E-state index contributed by atoms with van der Waals surface area (Å²) in [4.78, 5) is 4.97. The zero-order chi connectivity index (χ0) is 30.0. The van der Waals surface area contributed by atoms with Gasteiger partial charge in [0.15, 0.2) is 0 Å². The molecule has 43 heavy (non-hydrogen) atoms. The summed E-state index contributed by atoms with van der Waals surface area (Å²) < 4.78 is 0. The van der Waals surface area contributed by atoms with E-state index in [0.29, 0.717) is 0 Å². The molecule has 2 nitrogen and oxygen atoms in total. The Balaban J connectivity index is 1.27. The van der Waals surface area contributed by atoms with Crippen LogP contribution in [0.4, 0.5) is 0 Å². The summed E-state index contributed by atoms with van der Waals surface area (Å²) in [7, 11) is 4.53. The average molecular weight is 569 g/mol. The maximum atomic E-state index is 2.60. The third kappa shape index (κ3) is 4.78. The lowest BCUT2D eigenvalue weighted by Gasteiger charge is -2.42. The zero-order valence-electron chi connectivity index (χ0n) is 27.1. The molecule has 7 rings (SSSR count). The van der Waals surface area contributed by atoms with Crippen LogP contribution in [-0.4, -0.2) is 50.1 Å². The number of hydrogen-bond donors (Lipinski definition) is 0. The molecule has 2 heteroatoms. The van der Waals surface area contributed by atoms with E-state index in [4.69, 9.17) is 0 Å². The fourth-order valence-electron chi connectivity index (χ4n) is 8.28. The lowest BCUT2D eigenvalue weighted by Crippen LogP contribution is -2.41. The van der Waals surface area contributed by atoms with E-state index >= 15 is 0 Å². The van der Waals surface area contributed by atoms with Gasteiger partial charge in [0.05, 0.1) is 0 Å². The van der Waals surface area contributed by atoms with Gasteiger partial charge in [-0.2, -0.15) is 0 Å². The van der Waals surface area contributed by atoms with Gasteiger partial charge in [0.25, 0.3) is 0 Å². The van der Waals surface area contributed by atoms with Crippen LogP contribution >= 0.6 is 0 Å². The molecule has 0 N–H and O–H groups in total. The average Bonchev–Trinajstić information content (AvgIpc) is 3.25. The van der Waals surface area contributed by atoms with Crippen LogP contribution in [0.25, 0.3) is 22.3 Å². The van der Waals surface area contributed by atoms with E-state index in [9.17, 15) is 0 Å². The largest absolute Gasteiger partial charge is 0.306 e. The smallest absolute Gasteiger partial charge is 0.0227 e. The highest BCUT2D eigenvalue weighted by molar-refractivity contribution is 5.81. The Morgan fingerprint density at radius 1 is 0.512 bits per heavy atom. The second-order valence-corrected chi connectivity index (χ2v) is 14.8. The van der Waals surface area contributed by atoms with E-state index in [1.54, 1.807) is 0 Å². The maximum absolute atomic E-state index is 2.60. The van der Waals surface area contributed by atoms with Crippen molar-refractivity contribution in [1.29, 1.82) is 0 Å². The molecule has 2 heterocycles. The molecule has 4 aromatic carbocycles. The van der Waals surface area contributed by atoms with Crippen LogP contribution in [0.15, 0.2) is 84.9 Å². The molecule has 0 bridgehead atoms. The third-order valence-corrected chi connectivity index (χ3v) is 11.7. The van der Waals surface area contributed by atoms with Gasteiger partial charge in [-0.25, -0.2) is 0 Å². The molecule has 0 aromatic heterocycles.